The zero-order valence-electron chi connectivity index (χ0n) is 16.9. The highest BCUT2D eigenvalue weighted by molar-refractivity contribution is 7.89. The Labute approximate surface area is 177 Å². The van der Waals surface area contributed by atoms with Crippen LogP contribution >= 0.6 is 0 Å². The summed E-state index contributed by atoms with van der Waals surface area (Å²) in [5, 5.41) is 10.3. The molecule has 1 aromatic heterocycles. The van der Waals surface area contributed by atoms with Crippen molar-refractivity contribution in [2.45, 2.75) is 38.5 Å². The van der Waals surface area contributed by atoms with Crippen molar-refractivity contribution in [3.8, 4) is 0 Å². The first-order valence-corrected chi connectivity index (χ1v) is 11.5. The molecule has 30 heavy (non-hydrogen) atoms. The Hall–Kier alpha value is -2.33. The van der Waals surface area contributed by atoms with E-state index < -0.39 is 21.8 Å². The van der Waals surface area contributed by atoms with Crippen LogP contribution in [0.15, 0.2) is 48.8 Å². The van der Waals surface area contributed by atoms with Crippen molar-refractivity contribution in [2.24, 2.45) is 0 Å². The third-order valence-electron chi connectivity index (χ3n) is 5.40. The maximum Gasteiger partial charge on any atom is 0.233 e. The average molecular weight is 434 g/mol. The second-order valence-electron chi connectivity index (χ2n) is 7.40. The van der Waals surface area contributed by atoms with Gasteiger partial charge in [0.25, 0.3) is 0 Å². The number of carbonyl (C=O) groups is 1. The molecule has 9 heteroatoms. The number of aromatic nitrogens is 1. The highest BCUT2D eigenvalue weighted by atomic mass is 32.2. The maximum absolute atomic E-state index is 12.9. The van der Waals surface area contributed by atoms with Gasteiger partial charge >= 0.3 is 0 Å². The molecule has 3 rings (SSSR count). The van der Waals surface area contributed by atoms with Crippen LogP contribution in [0.4, 0.5) is 0 Å². The first-order valence-electron chi connectivity index (χ1n) is 9.87. The van der Waals surface area contributed by atoms with Crippen LogP contribution < -0.4 is 0 Å². The van der Waals surface area contributed by atoms with E-state index in [9.17, 15) is 18.4 Å². The van der Waals surface area contributed by atoms with E-state index in [1.807, 2.05) is 31.2 Å². The lowest BCUT2D eigenvalue weighted by molar-refractivity contribution is -0.159. The zero-order valence-corrected chi connectivity index (χ0v) is 17.7. The molecule has 8 nitrogen and oxygen atoms in total. The molecule has 0 spiro atoms. The van der Waals surface area contributed by atoms with Gasteiger partial charge in [-0.25, -0.2) is 17.8 Å². The van der Waals surface area contributed by atoms with Crippen LogP contribution in [-0.2, 0) is 26.2 Å². The molecular formula is C21H27N3O5S. The standard InChI is InChI=1S/C21H27N3O5S/c1-17-5-2-3-6-19(17)14-29-20-8-11-23(12-9-20)30(27,28)15-21(24(26)16-25)18-7-4-10-22-13-18/h2-7,10,13,16,20-21,26H,8-9,11-12,14-15H2,1H3. The molecule has 0 radical (unpaired) electrons. The van der Waals surface area contributed by atoms with E-state index in [0.29, 0.717) is 43.2 Å². The highest BCUT2D eigenvalue weighted by Crippen LogP contribution is 2.24. The Morgan fingerprint density at radius 1 is 1.27 bits per heavy atom. The number of piperidine rings is 1. The molecular weight excluding hydrogens is 406 g/mol. The summed E-state index contributed by atoms with van der Waals surface area (Å²) in [4.78, 5) is 15.0. The summed E-state index contributed by atoms with van der Waals surface area (Å²) in [7, 11) is -3.69. The van der Waals surface area contributed by atoms with Gasteiger partial charge in [0.2, 0.25) is 16.4 Å². The number of nitrogens with zero attached hydrogens (tertiary/aromatic N) is 3. The van der Waals surface area contributed by atoms with Crippen LogP contribution in [0.2, 0.25) is 0 Å². The van der Waals surface area contributed by atoms with Gasteiger partial charge in [-0.2, -0.15) is 0 Å². The minimum atomic E-state index is -3.69. The maximum atomic E-state index is 12.9. The van der Waals surface area contributed by atoms with Crippen molar-refractivity contribution in [3.63, 3.8) is 0 Å². The number of aryl methyl sites for hydroxylation is 1. The van der Waals surface area contributed by atoms with Crippen LogP contribution in [0.5, 0.6) is 0 Å². The van der Waals surface area contributed by atoms with E-state index in [1.54, 1.807) is 18.3 Å². The third-order valence-corrected chi connectivity index (χ3v) is 7.28. The number of ether oxygens (including phenoxy) is 1. The number of hydroxylamine groups is 2. The van der Waals surface area contributed by atoms with Crippen molar-refractivity contribution >= 4 is 16.4 Å². The second-order valence-corrected chi connectivity index (χ2v) is 9.42. The lowest BCUT2D eigenvalue weighted by Crippen LogP contribution is -2.44. The van der Waals surface area contributed by atoms with Gasteiger partial charge in [-0.3, -0.25) is 15.0 Å². The second kappa shape index (κ2) is 10.1. The number of benzene rings is 1. The number of pyridine rings is 1. The number of sulfonamides is 1. The number of hydrogen-bond acceptors (Lipinski definition) is 6. The third kappa shape index (κ3) is 5.63. The van der Waals surface area contributed by atoms with E-state index >= 15 is 0 Å². The van der Waals surface area contributed by atoms with Gasteiger partial charge < -0.3 is 4.74 Å². The predicted molar refractivity (Wildman–Crippen MR) is 111 cm³/mol. The van der Waals surface area contributed by atoms with E-state index in [-0.39, 0.29) is 12.5 Å². The molecule has 1 saturated heterocycles. The van der Waals surface area contributed by atoms with Crippen LogP contribution in [0.1, 0.15) is 35.6 Å². The SMILES string of the molecule is Cc1ccccc1COC1CCN(S(=O)(=O)CC(c2cccnc2)N(O)C=O)CC1. The first kappa shape index (κ1) is 22.4. The van der Waals surface area contributed by atoms with E-state index in [2.05, 4.69) is 4.98 Å². The number of carbonyl (C=O) groups excluding carboxylic acids is 1. The first-order chi connectivity index (χ1) is 14.4. The van der Waals surface area contributed by atoms with Crippen LogP contribution in [0, 0.1) is 6.92 Å². The van der Waals surface area contributed by atoms with E-state index in [4.69, 9.17) is 4.74 Å². The number of hydrogen-bond donors (Lipinski definition) is 1. The number of rotatable bonds is 9. The summed E-state index contributed by atoms with van der Waals surface area (Å²) in [6, 6.07) is 10.3. The molecule has 1 aromatic carbocycles. The fourth-order valence-electron chi connectivity index (χ4n) is 3.53. The lowest BCUT2D eigenvalue weighted by Gasteiger charge is -2.33. The molecule has 1 N–H and O–H groups in total. The molecule has 0 saturated carbocycles. The lowest BCUT2D eigenvalue weighted by atomic mass is 10.1. The van der Waals surface area contributed by atoms with E-state index in [1.165, 1.54) is 16.1 Å². The van der Waals surface area contributed by atoms with Gasteiger partial charge in [-0.15, -0.1) is 0 Å². The fraction of sp³-hybridized carbons (Fsp3) is 0.429. The van der Waals surface area contributed by atoms with Crippen molar-refractivity contribution in [3.05, 3.63) is 65.5 Å². The molecule has 2 aromatic rings. The monoisotopic (exact) mass is 433 g/mol. The van der Waals surface area contributed by atoms with Crippen LogP contribution in [-0.4, -0.2) is 59.3 Å². The average Bonchev–Trinajstić information content (AvgIpc) is 2.77. The summed E-state index contributed by atoms with van der Waals surface area (Å²) < 4.78 is 33.3. The van der Waals surface area contributed by atoms with Crippen molar-refractivity contribution in [1.82, 2.24) is 14.4 Å². The predicted octanol–water partition coefficient (Wildman–Crippen LogP) is 2.29. The summed E-state index contributed by atoms with van der Waals surface area (Å²) in [6.45, 7) is 3.22. The summed E-state index contributed by atoms with van der Waals surface area (Å²) in [6.07, 6.45) is 4.38. The van der Waals surface area contributed by atoms with Crippen molar-refractivity contribution < 1.29 is 23.2 Å². The normalized spacial score (nSPS) is 16.9. The molecule has 0 bridgehead atoms. The fourth-order valence-corrected chi connectivity index (χ4v) is 5.26. The van der Waals surface area contributed by atoms with Crippen LogP contribution in [0.25, 0.3) is 0 Å². The molecule has 1 fully saturated rings. The minimum absolute atomic E-state index is 0.00510. The van der Waals surface area contributed by atoms with Crippen LogP contribution in [0.3, 0.4) is 0 Å². The Balaban J connectivity index is 1.58. The van der Waals surface area contributed by atoms with Gasteiger partial charge in [-0.05, 0) is 42.5 Å². The highest BCUT2D eigenvalue weighted by Gasteiger charge is 2.33. The topological polar surface area (TPSA) is 100 Å². The van der Waals surface area contributed by atoms with Gasteiger partial charge in [0.1, 0.15) is 6.04 Å². The van der Waals surface area contributed by atoms with E-state index in [0.717, 1.165) is 5.56 Å². The van der Waals surface area contributed by atoms with Gasteiger partial charge in [0.15, 0.2) is 0 Å². The number of amides is 1. The van der Waals surface area contributed by atoms with Crippen molar-refractivity contribution in [1.29, 1.82) is 0 Å². The Kier molecular flexibility index (Phi) is 7.54. The minimum Gasteiger partial charge on any atom is -0.373 e. The molecule has 1 amide bonds. The smallest absolute Gasteiger partial charge is 0.233 e. The summed E-state index contributed by atoms with van der Waals surface area (Å²) >= 11 is 0. The Morgan fingerprint density at radius 3 is 2.63 bits per heavy atom. The van der Waals surface area contributed by atoms with Gasteiger partial charge in [-0.1, -0.05) is 30.3 Å². The van der Waals surface area contributed by atoms with Crippen molar-refractivity contribution in [2.75, 3.05) is 18.8 Å². The van der Waals surface area contributed by atoms with Gasteiger partial charge in [0.05, 0.1) is 18.5 Å². The molecule has 162 valence electrons. The molecule has 2 heterocycles. The molecule has 1 unspecified atom stereocenters. The quantitative estimate of drug-likeness (QED) is 0.370. The molecule has 1 atom stereocenters. The summed E-state index contributed by atoms with van der Waals surface area (Å²) in [5.41, 5.74) is 2.75. The largest absolute Gasteiger partial charge is 0.373 e. The zero-order chi connectivity index (χ0) is 21.6. The molecule has 1 aliphatic rings. The molecule has 1 aliphatic heterocycles. The molecule has 0 aliphatic carbocycles. The van der Waals surface area contributed by atoms with Gasteiger partial charge in [0, 0.05) is 25.5 Å². The Bertz CT molecular complexity index is 931. The summed E-state index contributed by atoms with van der Waals surface area (Å²) in [5.74, 6) is -0.414. The Morgan fingerprint density at radius 2 is 2.00 bits per heavy atom.